The minimum atomic E-state index is 1.18. The molecule has 0 unspecified atom stereocenters. The van der Waals surface area contributed by atoms with E-state index in [4.69, 9.17) is 0 Å². The Kier molecular flexibility index (Phi) is 6.87. The Morgan fingerprint density at radius 1 is 0.621 bits per heavy atom. The van der Waals surface area contributed by atoms with Gasteiger partial charge < -0.3 is 4.98 Å². The molecule has 1 aromatic heterocycles. The van der Waals surface area contributed by atoms with E-state index in [0.29, 0.717) is 0 Å². The summed E-state index contributed by atoms with van der Waals surface area (Å²) in [7, 11) is 0. The smallest absolute Gasteiger partial charge is 0.0547 e. The number of para-hydroxylation sites is 1. The fraction of sp³-hybridized carbons (Fsp3) is 0.429. The molecule has 0 aliphatic carbocycles. The minimum Gasteiger partial charge on any atom is -0.354 e. The van der Waals surface area contributed by atoms with E-state index in [-0.39, 0.29) is 0 Å². The molecule has 0 spiro atoms. The van der Waals surface area contributed by atoms with Gasteiger partial charge in [-0.1, -0.05) is 113 Å². The molecule has 1 heteroatoms. The third-order valence-electron chi connectivity index (χ3n) is 6.41. The standard InChI is InChI=1S/C28H35N/c1-2-3-4-5-6-7-8-9-10-11-15-22-16-14-17-23-20-21-25-24-18-12-13-19-26(24)29-28(25)27(22)23/h12-14,16-21,29H,2-11,15H2,1H3. The summed E-state index contributed by atoms with van der Waals surface area (Å²) in [6.45, 7) is 2.29. The second kappa shape index (κ2) is 9.96. The molecule has 0 aliphatic heterocycles. The lowest BCUT2D eigenvalue weighted by molar-refractivity contribution is 0.556. The number of hydrogen-bond donors (Lipinski definition) is 1. The van der Waals surface area contributed by atoms with Gasteiger partial charge >= 0.3 is 0 Å². The summed E-state index contributed by atoms with van der Waals surface area (Å²) in [5, 5.41) is 5.47. The number of rotatable bonds is 11. The summed E-state index contributed by atoms with van der Waals surface area (Å²) in [6.07, 6.45) is 15.1. The number of benzene rings is 3. The maximum atomic E-state index is 3.70. The summed E-state index contributed by atoms with van der Waals surface area (Å²) >= 11 is 0. The van der Waals surface area contributed by atoms with Crippen LogP contribution >= 0.6 is 0 Å². The topological polar surface area (TPSA) is 15.8 Å². The van der Waals surface area contributed by atoms with Crippen LogP contribution < -0.4 is 0 Å². The van der Waals surface area contributed by atoms with E-state index in [1.165, 1.54) is 109 Å². The number of nitrogens with one attached hydrogen (secondary N) is 1. The second-order valence-corrected chi connectivity index (χ2v) is 8.61. The van der Waals surface area contributed by atoms with Gasteiger partial charge in [0.05, 0.1) is 5.52 Å². The van der Waals surface area contributed by atoms with Gasteiger partial charge in [-0.2, -0.15) is 0 Å². The van der Waals surface area contributed by atoms with Gasteiger partial charge in [-0.05, 0) is 29.9 Å². The van der Waals surface area contributed by atoms with E-state index < -0.39 is 0 Å². The van der Waals surface area contributed by atoms with Crippen molar-refractivity contribution in [2.45, 2.75) is 77.6 Å². The Morgan fingerprint density at radius 3 is 2.14 bits per heavy atom. The first kappa shape index (κ1) is 20.0. The summed E-state index contributed by atoms with van der Waals surface area (Å²) < 4.78 is 0. The van der Waals surface area contributed by atoms with Crippen LogP contribution in [0.3, 0.4) is 0 Å². The van der Waals surface area contributed by atoms with E-state index >= 15 is 0 Å². The van der Waals surface area contributed by atoms with Crippen molar-refractivity contribution in [3.63, 3.8) is 0 Å². The van der Waals surface area contributed by atoms with Crippen LogP contribution in [-0.2, 0) is 6.42 Å². The predicted molar refractivity (Wildman–Crippen MR) is 129 cm³/mol. The average Bonchev–Trinajstić information content (AvgIpc) is 3.14. The first-order valence-electron chi connectivity index (χ1n) is 11.8. The number of hydrogen-bond acceptors (Lipinski definition) is 0. The molecule has 29 heavy (non-hydrogen) atoms. The lowest BCUT2D eigenvalue weighted by Gasteiger charge is -2.08. The van der Waals surface area contributed by atoms with Crippen LogP contribution in [0.2, 0.25) is 0 Å². The fourth-order valence-corrected chi connectivity index (χ4v) is 4.78. The van der Waals surface area contributed by atoms with E-state index in [9.17, 15) is 0 Å². The van der Waals surface area contributed by atoms with Crippen molar-refractivity contribution >= 4 is 32.6 Å². The Morgan fingerprint density at radius 2 is 1.34 bits per heavy atom. The van der Waals surface area contributed by atoms with Gasteiger partial charge in [-0.25, -0.2) is 0 Å². The summed E-state index contributed by atoms with van der Waals surface area (Å²) in [4.78, 5) is 3.70. The zero-order valence-corrected chi connectivity index (χ0v) is 18.0. The maximum absolute atomic E-state index is 3.70. The molecule has 1 heterocycles. The van der Waals surface area contributed by atoms with Gasteiger partial charge in [0.2, 0.25) is 0 Å². The highest BCUT2D eigenvalue weighted by molar-refractivity contribution is 6.17. The molecule has 0 bridgehead atoms. The average molecular weight is 386 g/mol. The minimum absolute atomic E-state index is 1.18. The maximum Gasteiger partial charge on any atom is 0.0547 e. The molecule has 0 aliphatic rings. The van der Waals surface area contributed by atoms with Crippen LogP contribution in [0, 0.1) is 0 Å². The zero-order chi connectivity index (χ0) is 19.9. The predicted octanol–water partition coefficient (Wildman–Crippen LogP) is 8.94. The quantitative estimate of drug-likeness (QED) is 0.248. The SMILES string of the molecule is CCCCCCCCCCCCc1cccc2ccc3c4ccccc4[nH]c3c12. The molecule has 3 aromatic carbocycles. The van der Waals surface area contributed by atoms with Crippen LogP contribution in [0.1, 0.15) is 76.7 Å². The number of aryl methyl sites for hydroxylation is 1. The molecule has 1 nitrogen and oxygen atoms in total. The molecule has 0 saturated carbocycles. The lowest BCUT2D eigenvalue weighted by Crippen LogP contribution is -1.90. The molecule has 0 radical (unpaired) electrons. The number of unbranched alkanes of at least 4 members (excludes halogenated alkanes) is 9. The van der Waals surface area contributed by atoms with E-state index in [2.05, 4.69) is 66.5 Å². The Balaban J connectivity index is 1.39. The van der Waals surface area contributed by atoms with Crippen LogP contribution in [0.25, 0.3) is 32.6 Å². The molecule has 1 N–H and O–H groups in total. The van der Waals surface area contributed by atoms with Gasteiger partial charge in [-0.15, -0.1) is 0 Å². The highest BCUT2D eigenvalue weighted by Crippen LogP contribution is 2.33. The first-order chi connectivity index (χ1) is 14.4. The number of aromatic amines is 1. The number of fused-ring (bicyclic) bond motifs is 5. The lowest BCUT2D eigenvalue weighted by atomic mass is 9.97. The molecule has 4 rings (SSSR count). The summed E-state index contributed by atoms with van der Waals surface area (Å²) in [5.41, 5.74) is 4.05. The fourth-order valence-electron chi connectivity index (χ4n) is 4.78. The second-order valence-electron chi connectivity index (χ2n) is 8.61. The highest BCUT2D eigenvalue weighted by Gasteiger charge is 2.10. The van der Waals surface area contributed by atoms with Crippen molar-refractivity contribution in [2.24, 2.45) is 0 Å². The summed E-state index contributed by atoms with van der Waals surface area (Å²) in [5.74, 6) is 0. The van der Waals surface area contributed by atoms with Crippen LogP contribution in [0.15, 0.2) is 54.6 Å². The van der Waals surface area contributed by atoms with Crippen LogP contribution in [-0.4, -0.2) is 4.98 Å². The van der Waals surface area contributed by atoms with Gasteiger partial charge in [0.25, 0.3) is 0 Å². The zero-order valence-electron chi connectivity index (χ0n) is 18.0. The Bertz CT molecular complexity index is 1060. The molecule has 0 atom stereocenters. The van der Waals surface area contributed by atoms with Crippen molar-refractivity contribution < 1.29 is 0 Å². The third kappa shape index (κ3) is 4.66. The first-order valence-corrected chi connectivity index (χ1v) is 11.8. The normalized spacial score (nSPS) is 11.8. The molecule has 0 amide bonds. The molecule has 152 valence electrons. The van der Waals surface area contributed by atoms with E-state index in [0.717, 1.165) is 0 Å². The van der Waals surface area contributed by atoms with Crippen molar-refractivity contribution in [1.29, 1.82) is 0 Å². The molecule has 0 saturated heterocycles. The van der Waals surface area contributed by atoms with Gasteiger partial charge in [0.15, 0.2) is 0 Å². The molecular weight excluding hydrogens is 350 g/mol. The van der Waals surface area contributed by atoms with Crippen molar-refractivity contribution in [1.82, 2.24) is 4.98 Å². The summed E-state index contributed by atoms with van der Waals surface area (Å²) in [6, 6.07) is 20.0. The van der Waals surface area contributed by atoms with Crippen LogP contribution in [0.5, 0.6) is 0 Å². The van der Waals surface area contributed by atoms with Crippen LogP contribution in [0.4, 0.5) is 0 Å². The Labute approximate surface area is 175 Å². The molecule has 0 fully saturated rings. The molecular formula is C28H35N. The Hall–Kier alpha value is -2.28. The van der Waals surface area contributed by atoms with Gasteiger partial charge in [0.1, 0.15) is 0 Å². The van der Waals surface area contributed by atoms with Gasteiger partial charge in [0, 0.05) is 21.7 Å². The van der Waals surface area contributed by atoms with E-state index in [1.54, 1.807) is 0 Å². The van der Waals surface area contributed by atoms with Crippen molar-refractivity contribution in [3.8, 4) is 0 Å². The number of H-pyrrole nitrogens is 1. The van der Waals surface area contributed by atoms with Crippen molar-refractivity contribution in [3.05, 3.63) is 60.2 Å². The van der Waals surface area contributed by atoms with E-state index in [1.807, 2.05) is 0 Å². The largest absolute Gasteiger partial charge is 0.354 e. The number of aromatic nitrogens is 1. The highest BCUT2D eigenvalue weighted by atomic mass is 14.7. The van der Waals surface area contributed by atoms with Crippen molar-refractivity contribution in [2.75, 3.05) is 0 Å². The van der Waals surface area contributed by atoms with Gasteiger partial charge in [-0.3, -0.25) is 0 Å². The molecule has 4 aromatic rings. The monoisotopic (exact) mass is 385 g/mol. The third-order valence-corrected chi connectivity index (χ3v) is 6.41.